The first-order valence-electron chi connectivity index (χ1n) is 7.40. The number of thioether (sulfide) groups is 1. The van der Waals surface area contributed by atoms with Gasteiger partial charge in [-0.25, -0.2) is 9.97 Å². The van der Waals surface area contributed by atoms with Crippen LogP contribution >= 0.6 is 11.8 Å². The van der Waals surface area contributed by atoms with Crippen LogP contribution in [0.2, 0.25) is 0 Å². The van der Waals surface area contributed by atoms with Crippen molar-refractivity contribution in [3.63, 3.8) is 0 Å². The molecule has 114 valence electrons. The molecule has 0 amide bonds. The zero-order chi connectivity index (χ0) is 15.2. The number of hydrogen-bond donors (Lipinski definition) is 2. The Bertz CT molecular complexity index is 422. The van der Waals surface area contributed by atoms with Gasteiger partial charge in [0.2, 0.25) is 0 Å². The predicted octanol–water partition coefficient (Wildman–Crippen LogP) is 3.86. The minimum Gasteiger partial charge on any atom is -0.370 e. The van der Waals surface area contributed by atoms with Crippen molar-refractivity contribution < 1.29 is 0 Å². The lowest BCUT2D eigenvalue weighted by atomic mass is 10.0. The maximum absolute atomic E-state index is 4.55. The molecule has 0 aromatic carbocycles. The lowest BCUT2D eigenvalue weighted by Gasteiger charge is -2.30. The van der Waals surface area contributed by atoms with E-state index < -0.39 is 0 Å². The number of aryl methyl sites for hydroxylation is 1. The highest BCUT2D eigenvalue weighted by Gasteiger charge is 2.25. The lowest BCUT2D eigenvalue weighted by molar-refractivity contribution is 0.573. The monoisotopic (exact) mass is 296 g/mol. The Hall–Kier alpha value is -0.970. The summed E-state index contributed by atoms with van der Waals surface area (Å²) in [5, 5.41) is 6.83. The van der Waals surface area contributed by atoms with E-state index in [1.165, 1.54) is 0 Å². The van der Waals surface area contributed by atoms with Crippen molar-refractivity contribution >= 4 is 23.4 Å². The first-order valence-corrected chi connectivity index (χ1v) is 8.62. The average Bonchev–Trinajstić information content (AvgIpc) is 2.45. The van der Waals surface area contributed by atoms with Crippen molar-refractivity contribution in [3.8, 4) is 0 Å². The minimum atomic E-state index is 0.281. The Labute approximate surface area is 127 Å². The highest BCUT2D eigenvalue weighted by atomic mass is 32.2. The molecule has 0 unspecified atom stereocenters. The van der Waals surface area contributed by atoms with Crippen LogP contribution in [0, 0.1) is 13.8 Å². The fourth-order valence-electron chi connectivity index (χ4n) is 2.25. The van der Waals surface area contributed by atoms with Crippen LogP contribution in [0.4, 0.5) is 11.6 Å². The van der Waals surface area contributed by atoms with Gasteiger partial charge in [0.15, 0.2) is 0 Å². The molecule has 0 spiro atoms. The third-order valence-electron chi connectivity index (χ3n) is 3.90. The first-order chi connectivity index (χ1) is 9.51. The quantitative estimate of drug-likeness (QED) is 0.763. The standard InChI is InChI=1S/C15H28N4S/c1-7-15(8-2,20-6)10-17-14-11(4)13(16-9-3)18-12(5)19-14/h7-10H2,1-6H3,(H2,16,17,18,19). The maximum Gasteiger partial charge on any atom is 0.134 e. The number of hydrogen-bond acceptors (Lipinski definition) is 5. The van der Waals surface area contributed by atoms with Gasteiger partial charge in [0.25, 0.3) is 0 Å². The largest absolute Gasteiger partial charge is 0.370 e. The molecule has 4 nitrogen and oxygen atoms in total. The molecule has 1 heterocycles. The van der Waals surface area contributed by atoms with Crippen molar-refractivity contribution in [3.05, 3.63) is 11.4 Å². The number of rotatable bonds is 8. The van der Waals surface area contributed by atoms with Crippen molar-refractivity contribution in [1.29, 1.82) is 0 Å². The summed E-state index contributed by atoms with van der Waals surface area (Å²) in [6, 6.07) is 0. The minimum absolute atomic E-state index is 0.281. The molecule has 0 atom stereocenters. The number of anilines is 2. The molecule has 0 aliphatic heterocycles. The van der Waals surface area contributed by atoms with Crippen molar-refractivity contribution in [2.75, 3.05) is 30.0 Å². The zero-order valence-corrected chi connectivity index (χ0v) is 14.4. The summed E-state index contributed by atoms with van der Waals surface area (Å²) in [4.78, 5) is 9.01. The summed E-state index contributed by atoms with van der Waals surface area (Å²) in [7, 11) is 0. The second kappa shape index (κ2) is 7.72. The molecule has 0 saturated carbocycles. The van der Waals surface area contributed by atoms with Gasteiger partial charge in [-0.3, -0.25) is 0 Å². The molecule has 5 heteroatoms. The maximum atomic E-state index is 4.55. The molecule has 20 heavy (non-hydrogen) atoms. The topological polar surface area (TPSA) is 49.8 Å². The molecular formula is C15H28N4S. The van der Waals surface area contributed by atoms with Gasteiger partial charge in [-0.2, -0.15) is 11.8 Å². The summed E-state index contributed by atoms with van der Waals surface area (Å²) in [5.74, 6) is 2.69. The molecular weight excluding hydrogens is 268 g/mol. The Morgan fingerprint density at radius 1 is 1.00 bits per heavy atom. The third kappa shape index (κ3) is 4.01. The van der Waals surface area contributed by atoms with Gasteiger partial charge in [0.05, 0.1) is 0 Å². The van der Waals surface area contributed by atoms with Crippen LogP contribution in [0.3, 0.4) is 0 Å². The van der Waals surface area contributed by atoms with E-state index in [4.69, 9.17) is 0 Å². The molecule has 0 saturated heterocycles. The highest BCUT2D eigenvalue weighted by molar-refractivity contribution is 8.00. The summed E-state index contributed by atoms with van der Waals surface area (Å²) in [6.07, 6.45) is 4.50. The van der Waals surface area contributed by atoms with Crippen LogP contribution in [0.25, 0.3) is 0 Å². The Balaban J connectivity index is 2.92. The zero-order valence-electron chi connectivity index (χ0n) is 13.6. The van der Waals surface area contributed by atoms with E-state index >= 15 is 0 Å². The van der Waals surface area contributed by atoms with E-state index in [9.17, 15) is 0 Å². The van der Waals surface area contributed by atoms with Crippen molar-refractivity contribution in [1.82, 2.24) is 9.97 Å². The fourth-order valence-corrected chi connectivity index (χ4v) is 3.04. The van der Waals surface area contributed by atoms with E-state index in [2.05, 4.69) is 54.6 Å². The van der Waals surface area contributed by atoms with E-state index in [0.29, 0.717) is 0 Å². The van der Waals surface area contributed by atoms with Crippen LogP contribution < -0.4 is 10.6 Å². The van der Waals surface area contributed by atoms with Gasteiger partial charge < -0.3 is 10.6 Å². The van der Waals surface area contributed by atoms with E-state index in [0.717, 1.165) is 49.0 Å². The van der Waals surface area contributed by atoms with Crippen LogP contribution in [0.1, 0.15) is 45.0 Å². The third-order valence-corrected chi connectivity index (χ3v) is 5.49. The SMILES string of the molecule is CCNc1nc(C)nc(NCC(CC)(CC)SC)c1C. The van der Waals surface area contributed by atoms with E-state index in [-0.39, 0.29) is 4.75 Å². The van der Waals surface area contributed by atoms with Crippen LogP contribution in [-0.2, 0) is 0 Å². The highest BCUT2D eigenvalue weighted by Crippen LogP contribution is 2.31. The number of aromatic nitrogens is 2. The first kappa shape index (κ1) is 17.1. The molecule has 1 rings (SSSR count). The normalized spacial score (nSPS) is 11.5. The molecule has 1 aromatic rings. The lowest BCUT2D eigenvalue weighted by Crippen LogP contribution is -2.32. The van der Waals surface area contributed by atoms with Crippen LogP contribution in [-0.4, -0.2) is 34.1 Å². The Morgan fingerprint density at radius 2 is 1.55 bits per heavy atom. The van der Waals surface area contributed by atoms with Gasteiger partial charge in [-0.05, 0) is 39.9 Å². The van der Waals surface area contributed by atoms with Gasteiger partial charge >= 0.3 is 0 Å². The molecule has 0 radical (unpaired) electrons. The Kier molecular flexibility index (Phi) is 6.59. The molecule has 0 fully saturated rings. The average molecular weight is 296 g/mol. The van der Waals surface area contributed by atoms with Gasteiger partial charge in [-0.15, -0.1) is 0 Å². The molecule has 2 N–H and O–H groups in total. The Morgan fingerprint density at radius 3 is 2.00 bits per heavy atom. The summed E-state index contributed by atoms with van der Waals surface area (Å²) < 4.78 is 0.281. The predicted molar refractivity (Wildman–Crippen MR) is 91.0 cm³/mol. The number of nitrogens with zero attached hydrogens (tertiary/aromatic N) is 2. The fraction of sp³-hybridized carbons (Fsp3) is 0.733. The number of nitrogens with one attached hydrogen (secondary N) is 2. The molecule has 0 aliphatic rings. The summed E-state index contributed by atoms with van der Waals surface area (Å²) in [6.45, 7) is 12.4. The molecule has 0 bridgehead atoms. The van der Waals surface area contributed by atoms with Gasteiger partial charge in [0, 0.05) is 23.4 Å². The summed E-state index contributed by atoms with van der Waals surface area (Å²) >= 11 is 1.94. The van der Waals surface area contributed by atoms with Gasteiger partial charge in [0.1, 0.15) is 17.5 Å². The van der Waals surface area contributed by atoms with E-state index in [1.807, 2.05) is 18.7 Å². The van der Waals surface area contributed by atoms with E-state index in [1.54, 1.807) is 0 Å². The smallest absolute Gasteiger partial charge is 0.134 e. The second-order valence-corrected chi connectivity index (χ2v) is 6.35. The van der Waals surface area contributed by atoms with Crippen molar-refractivity contribution in [2.45, 2.75) is 52.2 Å². The summed E-state index contributed by atoms with van der Waals surface area (Å²) in [5.41, 5.74) is 1.10. The second-order valence-electron chi connectivity index (χ2n) is 5.07. The molecule has 1 aromatic heterocycles. The molecule has 0 aliphatic carbocycles. The van der Waals surface area contributed by atoms with Crippen LogP contribution in [0.15, 0.2) is 0 Å². The van der Waals surface area contributed by atoms with Crippen LogP contribution in [0.5, 0.6) is 0 Å². The van der Waals surface area contributed by atoms with Gasteiger partial charge in [-0.1, -0.05) is 13.8 Å². The van der Waals surface area contributed by atoms with Crippen molar-refractivity contribution in [2.24, 2.45) is 0 Å².